The fourth-order valence-corrected chi connectivity index (χ4v) is 1.95. The molecule has 4 nitrogen and oxygen atoms in total. The molecule has 0 aliphatic heterocycles. The Morgan fingerprint density at radius 1 is 1.38 bits per heavy atom. The van der Waals surface area contributed by atoms with Gasteiger partial charge in [-0.1, -0.05) is 19.9 Å². The number of nitrogens with zero attached hydrogens (tertiary/aromatic N) is 2. The van der Waals surface area contributed by atoms with Crippen molar-refractivity contribution in [2.45, 2.75) is 13.8 Å². The first-order valence-electron chi connectivity index (χ1n) is 5.12. The van der Waals surface area contributed by atoms with Gasteiger partial charge >= 0.3 is 7.12 Å². The fraction of sp³-hybridized carbons (Fsp3) is 0.300. The molecule has 0 spiro atoms. The van der Waals surface area contributed by atoms with Crippen molar-refractivity contribution in [1.29, 1.82) is 0 Å². The van der Waals surface area contributed by atoms with Crippen molar-refractivity contribution in [2.24, 2.45) is 7.05 Å². The van der Waals surface area contributed by atoms with Gasteiger partial charge < -0.3 is 10.0 Å². The Morgan fingerprint density at radius 2 is 2.06 bits per heavy atom. The summed E-state index contributed by atoms with van der Waals surface area (Å²) in [4.78, 5) is 1.02. The highest BCUT2D eigenvalue weighted by molar-refractivity contribution is 7.13. The zero-order valence-corrected chi connectivity index (χ0v) is 10.4. The van der Waals surface area contributed by atoms with Gasteiger partial charge in [-0.2, -0.15) is 5.10 Å². The molecule has 2 rings (SSSR count). The lowest BCUT2D eigenvalue weighted by Gasteiger charge is -1.96. The second kappa shape index (κ2) is 5.84. The monoisotopic (exact) mass is 238 g/mol. The molecule has 0 radical (unpaired) electrons. The van der Waals surface area contributed by atoms with E-state index in [1.165, 1.54) is 4.68 Å². The van der Waals surface area contributed by atoms with Gasteiger partial charge in [0.2, 0.25) is 0 Å². The minimum atomic E-state index is -1.47. The highest BCUT2D eigenvalue weighted by atomic mass is 32.1. The quantitative estimate of drug-likeness (QED) is 0.763. The first-order chi connectivity index (χ1) is 7.68. The second-order valence-corrected chi connectivity index (χ2v) is 3.88. The van der Waals surface area contributed by atoms with Gasteiger partial charge in [-0.15, -0.1) is 11.3 Å². The molecule has 0 saturated heterocycles. The molecule has 2 N–H and O–H groups in total. The van der Waals surface area contributed by atoms with Crippen LogP contribution in [-0.4, -0.2) is 26.9 Å². The second-order valence-electron chi connectivity index (χ2n) is 2.93. The summed E-state index contributed by atoms with van der Waals surface area (Å²) in [6, 6.07) is 5.56. The largest absolute Gasteiger partial charge is 0.507 e. The Bertz CT molecular complexity index is 426. The third-order valence-corrected chi connectivity index (χ3v) is 2.85. The predicted molar refractivity (Wildman–Crippen MR) is 67.7 cm³/mol. The van der Waals surface area contributed by atoms with Crippen LogP contribution < -0.4 is 5.59 Å². The topological polar surface area (TPSA) is 58.3 Å². The standard InChI is InChI=1S/C8H9BN2O2S.C2H6/c1-11-8(9(12)13)5-6(10-11)7-3-2-4-14-7;1-2/h2-5,12-13H,1H3;1-2H3. The van der Waals surface area contributed by atoms with Gasteiger partial charge in [0, 0.05) is 7.05 Å². The molecule has 0 fully saturated rings. The first kappa shape index (κ1) is 13.0. The smallest absolute Gasteiger partial charge is 0.422 e. The molecule has 0 aliphatic rings. The predicted octanol–water partition coefficient (Wildman–Crippen LogP) is 0.855. The summed E-state index contributed by atoms with van der Waals surface area (Å²) in [5.74, 6) is 0. The average molecular weight is 238 g/mol. The van der Waals surface area contributed by atoms with E-state index in [0.717, 1.165) is 10.6 Å². The molecule has 86 valence electrons. The van der Waals surface area contributed by atoms with E-state index in [-0.39, 0.29) is 0 Å². The van der Waals surface area contributed by atoms with Crippen LogP contribution in [0.15, 0.2) is 23.6 Å². The lowest BCUT2D eigenvalue weighted by atomic mass is 9.86. The summed E-state index contributed by atoms with van der Waals surface area (Å²) in [5.41, 5.74) is 1.17. The molecule has 2 aromatic rings. The Balaban J connectivity index is 0.000000606. The Labute approximate surface area is 99.3 Å². The van der Waals surface area contributed by atoms with Crippen LogP contribution in [0.1, 0.15) is 13.8 Å². The van der Waals surface area contributed by atoms with Crippen molar-refractivity contribution in [3.63, 3.8) is 0 Å². The molecule has 0 saturated carbocycles. The number of thiophene rings is 1. The van der Waals surface area contributed by atoms with Crippen molar-refractivity contribution in [3.05, 3.63) is 23.6 Å². The van der Waals surface area contributed by atoms with Crippen molar-refractivity contribution in [1.82, 2.24) is 9.78 Å². The molecular formula is C10H15BN2O2S. The van der Waals surface area contributed by atoms with Gasteiger partial charge in [-0.25, -0.2) is 0 Å². The molecule has 0 unspecified atom stereocenters. The molecular weight excluding hydrogens is 223 g/mol. The van der Waals surface area contributed by atoms with E-state index in [1.54, 1.807) is 24.5 Å². The molecule has 0 aromatic carbocycles. The lowest BCUT2D eigenvalue weighted by Crippen LogP contribution is -2.35. The van der Waals surface area contributed by atoms with E-state index in [4.69, 9.17) is 10.0 Å². The average Bonchev–Trinajstić information content (AvgIpc) is 2.88. The van der Waals surface area contributed by atoms with E-state index in [9.17, 15) is 0 Å². The Kier molecular flexibility index (Phi) is 4.73. The first-order valence-corrected chi connectivity index (χ1v) is 6.00. The van der Waals surface area contributed by atoms with Crippen LogP contribution >= 0.6 is 11.3 Å². The SMILES string of the molecule is CC.Cn1nc(-c2cccs2)cc1B(O)O. The number of aryl methyl sites for hydroxylation is 1. The van der Waals surface area contributed by atoms with Gasteiger partial charge in [-0.3, -0.25) is 4.68 Å². The summed E-state index contributed by atoms with van der Waals surface area (Å²) in [6.07, 6.45) is 0. The maximum atomic E-state index is 9.01. The van der Waals surface area contributed by atoms with Crippen LogP contribution in [0.2, 0.25) is 0 Å². The molecule has 0 amide bonds. The highest BCUT2D eigenvalue weighted by Crippen LogP contribution is 2.21. The van der Waals surface area contributed by atoms with Gasteiger partial charge in [0.1, 0.15) is 5.69 Å². The molecule has 0 bridgehead atoms. The number of aromatic nitrogens is 2. The Hall–Kier alpha value is -1.11. The van der Waals surface area contributed by atoms with Crippen molar-refractivity contribution < 1.29 is 10.0 Å². The number of hydrogen-bond donors (Lipinski definition) is 2. The summed E-state index contributed by atoms with van der Waals surface area (Å²) in [5, 5.41) is 24.2. The van der Waals surface area contributed by atoms with Crippen LogP contribution in [0, 0.1) is 0 Å². The van der Waals surface area contributed by atoms with Crippen molar-refractivity contribution in [2.75, 3.05) is 0 Å². The molecule has 2 aromatic heterocycles. The highest BCUT2D eigenvalue weighted by Gasteiger charge is 2.18. The lowest BCUT2D eigenvalue weighted by molar-refractivity contribution is 0.421. The van der Waals surface area contributed by atoms with E-state index >= 15 is 0 Å². The van der Waals surface area contributed by atoms with E-state index in [0.29, 0.717) is 5.59 Å². The van der Waals surface area contributed by atoms with Crippen LogP contribution in [-0.2, 0) is 7.05 Å². The van der Waals surface area contributed by atoms with Crippen LogP contribution in [0.4, 0.5) is 0 Å². The van der Waals surface area contributed by atoms with E-state index < -0.39 is 7.12 Å². The van der Waals surface area contributed by atoms with Gasteiger partial charge in [0.25, 0.3) is 0 Å². The summed E-state index contributed by atoms with van der Waals surface area (Å²) in [7, 11) is 0.215. The molecule has 0 atom stereocenters. The molecule has 0 aliphatic carbocycles. The van der Waals surface area contributed by atoms with Crippen LogP contribution in [0.5, 0.6) is 0 Å². The molecule has 2 heterocycles. The summed E-state index contributed by atoms with van der Waals surface area (Å²) < 4.78 is 1.47. The minimum Gasteiger partial charge on any atom is -0.422 e. The molecule has 16 heavy (non-hydrogen) atoms. The molecule has 6 heteroatoms. The fourth-order valence-electron chi connectivity index (χ4n) is 1.27. The zero-order chi connectivity index (χ0) is 12.1. The van der Waals surface area contributed by atoms with Crippen molar-refractivity contribution >= 4 is 24.0 Å². The van der Waals surface area contributed by atoms with Gasteiger partial charge in [-0.05, 0) is 17.5 Å². The van der Waals surface area contributed by atoms with Crippen LogP contribution in [0.3, 0.4) is 0 Å². The summed E-state index contributed by atoms with van der Waals surface area (Å²) in [6.45, 7) is 4.00. The van der Waals surface area contributed by atoms with Crippen molar-refractivity contribution in [3.8, 4) is 10.6 Å². The Morgan fingerprint density at radius 3 is 2.50 bits per heavy atom. The summed E-state index contributed by atoms with van der Waals surface area (Å²) >= 11 is 1.57. The maximum Gasteiger partial charge on any atom is 0.507 e. The third-order valence-electron chi connectivity index (χ3n) is 1.95. The van der Waals surface area contributed by atoms with E-state index in [1.807, 2.05) is 31.4 Å². The van der Waals surface area contributed by atoms with Crippen LogP contribution in [0.25, 0.3) is 10.6 Å². The number of rotatable bonds is 2. The maximum absolute atomic E-state index is 9.01. The van der Waals surface area contributed by atoms with Gasteiger partial charge in [0.15, 0.2) is 0 Å². The number of hydrogen-bond acceptors (Lipinski definition) is 4. The van der Waals surface area contributed by atoms with E-state index in [2.05, 4.69) is 5.10 Å². The third kappa shape index (κ3) is 2.72. The normalized spacial score (nSPS) is 9.56. The minimum absolute atomic E-state index is 0.397. The zero-order valence-electron chi connectivity index (χ0n) is 9.58. The van der Waals surface area contributed by atoms with Gasteiger partial charge in [0.05, 0.1) is 10.5 Å².